The molecule has 0 radical (unpaired) electrons. The third-order valence-electron chi connectivity index (χ3n) is 1.71. The molecule has 0 saturated carbocycles. The Kier molecular flexibility index (Phi) is 3.81. The van der Waals surface area contributed by atoms with Crippen LogP contribution in [0.4, 0.5) is 0 Å². The molecule has 0 bridgehead atoms. The summed E-state index contributed by atoms with van der Waals surface area (Å²) in [6.45, 7) is -0.356. The van der Waals surface area contributed by atoms with Crippen LogP contribution in [0, 0.1) is 0 Å². The summed E-state index contributed by atoms with van der Waals surface area (Å²) >= 11 is 0. The topological polar surface area (TPSA) is 107 Å². The average molecular weight is 212 g/mol. The van der Waals surface area contributed by atoms with Crippen molar-refractivity contribution in [2.24, 2.45) is 0 Å². The highest BCUT2D eigenvalue weighted by atomic mass is 16.3. The molecule has 0 unspecified atom stereocenters. The number of aliphatic hydroxyl groups excluding tert-OH is 1. The number of nitrogens with one attached hydrogen (secondary N) is 3. The van der Waals surface area contributed by atoms with E-state index in [1.54, 1.807) is 0 Å². The van der Waals surface area contributed by atoms with Crippen LogP contribution >= 0.6 is 0 Å². The summed E-state index contributed by atoms with van der Waals surface area (Å²) in [5.74, 6) is -0.420. The SMILES string of the molecule is CNC(=O)CNC(=O)c1cnc(CO)[nH]1. The van der Waals surface area contributed by atoms with Gasteiger partial charge in [-0.05, 0) is 0 Å². The monoisotopic (exact) mass is 212 g/mol. The smallest absolute Gasteiger partial charge is 0.269 e. The van der Waals surface area contributed by atoms with Crippen LogP contribution in [0.25, 0.3) is 0 Å². The first-order chi connectivity index (χ1) is 7.17. The highest BCUT2D eigenvalue weighted by Gasteiger charge is 2.09. The zero-order valence-corrected chi connectivity index (χ0v) is 8.20. The van der Waals surface area contributed by atoms with Gasteiger partial charge in [0.25, 0.3) is 5.91 Å². The lowest BCUT2D eigenvalue weighted by atomic mass is 10.4. The maximum atomic E-state index is 11.4. The number of likely N-dealkylation sites (N-methyl/N-ethyl adjacent to an activating group) is 1. The fourth-order valence-electron chi connectivity index (χ4n) is 0.902. The Morgan fingerprint density at radius 3 is 2.87 bits per heavy atom. The maximum absolute atomic E-state index is 11.4. The number of aromatic nitrogens is 2. The van der Waals surface area contributed by atoms with Gasteiger partial charge in [0.15, 0.2) is 0 Å². The van der Waals surface area contributed by atoms with Crippen LogP contribution < -0.4 is 10.6 Å². The maximum Gasteiger partial charge on any atom is 0.269 e. The number of imidazole rings is 1. The Balaban J connectivity index is 2.50. The van der Waals surface area contributed by atoms with Crippen LogP contribution in [-0.2, 0) is 11.4 Å². The molecule has 7 heteroatoms. The van der Waals surface area contributed by atoms with E-state index in [2.05, 4.69) is 20.6 Å². The lowest BCUT2D eigenvalue weighted by Gasteiger charge is -2.01. The fraction of sp³-hybridized carbons (Fsp3) is 0.375. The van der Waals surface area contributed by atoms with Crippen molar-refractivity contribution in [1.29, 1.82) is 0 Å². The fourth-order valence-corrected chi connectivity index (χ4v) is 0.902. The van der Waals surface area contributed by atoms with Crippen LogP contribution in [0.5, 0.6) is 0 Å². The molecule has 0 saturated heterocycles. The minimum Gasteiger partial charge on any atom is -0.388 e. The molecule has 1 rings (SSSR count). The standard InChI is InChI=1S/C8H12N4O3/c1-9-7(14)3-11-8(15)5-2-10-6(4-13)12-5/h2,13H,3-4H2,1H3,(H,9,14)(H,10,12)(H,11,15). The molecule has 0 aliphatic carbocycles. The van der Waals surface area contributed by atoms with Gasteiger partial charge in [-0.3, -0.25) is 9.59 Å². The van der Waals surface area contributed by atoms with Crippen LogP contribution in [0.1, 0.15) is 16.3 Å². The number of hydrogen-bond donors (Lipinski definition) is 4. The van der Waals surface area contributed by atoms with E-state index in [0.29, 0.717) is 5.82 Å². The van der Waals surface area contributed by atoms with Gasteiger partial charge in [-0.25, -0.2) is 4.98 Å². The number of nitrogens with zero attached hydrogens (tertiary/aromatic N) is 1. The van der Waals surface area contributed by atoms with Gasteiger partial charge in [0.05, 0.1) is 12.7 Å². The van der Waals surface area contributed by atoms with Crippen molar-refractivity contribution in [2.45, 2.75) is 6.61 Å². The normalized spacial score (nSPS) is 9.73. The Morgan fingerprint density at radius 2 is 2.33 bits per heavy atom. The van der Waals surface area contributed by atoms with E-state index in [1.807, 2.05) is 0 Å². The van der Waals surface area contributed by atoms with Crippen molar-refractivity contribution >= 4 is 11.8 Å². The molecule has 0 aromatic carbocycles. The van der Waals surface area contributed by atoms with Gasteiger partial charge in [0.1, 0.15) is 18.1 Å². The zero-order chi connectivity index (χ0) is 11.3. The molecule has 0 aliphatic heterocycles. The van der Waals surface area contributed by atoms with Gasteiger partial charge < -0.3 is 20.7 Å². The number of H-pyrrole nitrogens is 1. The van der Waals surface area contributed by atoms with Gasteiger partial charge in [-0.15, -0.1) is 0 Å². The number of aliphatic hydroxyl groups is 1. The first kappa shape index (κ1) is 11.2. The van der Waals surface area contributed by atoms with Crippen molar-refractivity contribution in [1.82, 2.24) is 20.6 Å². The Morgan fingerprint density at radius 1 is 1.60 bits per heavy atom. The van der Waals surface area contributed by atoms with E-state index < -0.39 is 5.91 Å². The predicted molar refractivity (Wildman–Crippen MR) is 50.9 cm³/mol. The summed E-state index contributed by atoms with van der Waals surface area (Å²) in [4.78, 5) is 28.5. The minimum absolute atomic E-state index is 0.0944. The van der Waals surface area contributed by atoms with Gasteiger partial charge in [0.2, 0.25) is 5.91 Å². The molecule has 15 heavy (non-hydrogen) atoms. The lowest BCUT2D eigenvalue weighted by molar-refractivity contribution is -0.119. The van der Waals surface area contributed by atoms with E-state index in [4.69, 9.17) is 5.11 Å². The molecular formula is C8H12N4O3. The van der Waals surface area contributed by atoms with Crippen molar-refractivity contribution in [2.75, 3.05) is 13.6 Å². The Hall–Kier alpha value is -1.89. The molecule has 82 valence electrons. The molecular weight excluding hydrogens is 200 g/mol. The third-order valence-corrected chi connectivity index (χ3v) is 1.71. The van der Waals surface area contributed by atoms with Crippen molar-refractivity contribution in [3.63, 3.8) is 0 Å². The van der Waals surface area contributed by atoms with E-state index in [-0.39, 0.29) is 24.8 Å². The summed E-state index contributed by atoms with van der Waals surface area (Å²) in [6, 6.07) is 0. The summed E-state index contributed by atoms with van der Waals surface area (Å²) in [5.41, 5.74) is 0.211. The molecule has 1 heterocycles. The molecule has 0 fully saturated rings. The van der Waals surface area contributed by atoms with Crippen molar-refractivity contribution in [3.05, 3.63) is 17.7 Å². The van der Waals surface area contributed by atoms with Crippen LogP contribution in [-0.4, -0.2) is 40.5 Å². The number of rotatable bonds is 4. The van der Waals surface area contributed by atoms with E-state index in [1.165, 1.54) is 13.2 Å². The second kappa shape index (κ2) is 5.11. The van der Waals surface area contributed by atoms with E-state index in [9.17, 15) is 9.59 Å². The van der Waals surface area contributed by atoms with Gasteiger partial charge in [-0.1, -0.05) is 0 Å². The van der Waals surface area contributed by atoms with Crippen LogP contribution in [0.3, 0.4) is 0 Å². The number of carbonyl (C=O) groups excluding carboxylic acids is 2. The molecule has 0 spiro atoms. The summed E-state index contributed by atoms with van der Waals surface area (Å²) in [7, 11) is 1.48. The first-order valence-corrected chi connectivity index (χ1v) is 4.31. The molecule has 1 aromatic rings. The predicted octanol–water partition coefficient (Wildman–Crippen LogP) is -1.62. The number of aromatic amines is 1. The van der Waals surface area contributed by atoms with E-state index >= 15 is 0 Å². The average Bonchev–Trinajstić information content (AvgIpc) is 2.73. The molecule has 4 N–H and O–H groups in total. The first-order valence-electron chi connectivity index (χ1n) is 4.31. The number of carbonyl (C=O) groups is 2. The lowest BCUT2D eigenvalue weighted by Crippen LogP contribution is -2.35. The Labute approximate surface area is 85.9 Å². The van der Waals surface area contributed by atoms with Gasteiger partial charge >= 0.3 is 0 Å². The van der Waals surface area contributed by atoms with Gasteiger partial charge in [-0.2, -0.15) is 0 Å². The molecule has 1 aromatic heterocycles. The number of hydrogen-bond acceptors (Lipinski definition) is 4. The van der Waals surface area contributed by atoms with Crippen LogP contribution in [0.15, 0.2) is 6.20 Å². The second-order valence-corrected chi connectivity index (χ2v) is 2.76. The van der Waals surface area contributed by atoms with Crippen LogP contribution in [0.2, 0.25) is 0 Å². The summed E-state index contributed by atoms with van der Waals surface area (Å²) in [6.07, 6.45) is 1.30. The van der Waals surface area contributed by atoms with E-state index in [0.717, 1.165) is 0 Å². The minimum atomic E-state index is -0.439. The summed E-state index contributed by atoms with van der Waals surface area (Å²) in [5, 5.41) is 13.5. The molecule has 7 nitrogen and oxygen atoms in total. The summed E-state index contributed by atoms with van der Waals surface area (Å²) < 4.78 is 0. The highest BCUT2D eigenvalue weighted by Crippen LogP contribution is 1.96. The van der Waals surface area contributed by atoms with Crippen molar-refractivity contribution < 1.29 is 14.7 Å². The highest BCUT2D eigenvalue weighted by molar-refractivity contribution is 5.94. The quantitative estimate of drug-likeness (QED) is 0.481. The largest absolute Gasteiger partial charge is 0.388 e. The Bertz CT molecular complexity index is 361. The molecule has 2 amide bonds. The van der Waals surface area contributed by atoms with Crippen molar-refractivity contribution in [3.8, 4) is 0 Å². The van der Waals surface area contributed by atoms with Gasteiger partial charge in [0, 0.05) is 7.05 Å². The zero-order valence-electron chi connectivity index (χ0n) is 8.20. The molecule has 0 aliphatic rings. The third kappa shape index (κ3) is 3.06. The number of amides is 2. The second-order valence-electron chi connectivity index (χ2n) is 2.76. The molecule has 0 atom stereocenters.